The Bertz CT molecular complexity index is 472. The van der Waals surface area contributed by atoms with Crippen LogP contribution in [-0.4, -0.2) is 34.2 Å². The minimum absolute atomic E-state index is 0.101. The molecule has 0 radical (unpaired) electrons. The average Bonchev–Trinajstić information content (AvgIpc) is 2.70. The number of fused-ring (bicyclic) bond motifs is 1. The van der Waals surface area contributed by atoms with E-state index in [2.05, 4.69) is 4.98 Å². The molecule has 0 atom stereocenters. The number of aromatic nitrogens is 1. The van der Waals surface area contributed by atoms with Crippen molar-refractivity contribution in [2.45, 2.75) is 25.9 Å². The predicted octanol–water partition coefficient (Wildman–Crippen LogP) is 2.03. The van der Waals surface area contributed by atoms with Crippen LogP contribution in [0.2, 0.25) is 0 Å². The average molecular weight is 234 g/mol. The van der Waals surface area contributed by atoms with Crippen LogP contribution in [-0.2, 0) is 6.54 Å². The molecule has 0 aliphatic carbocycles. The Balaban J connectivity index is 2.18. The molecule has 1 aromatic carbocycles. The lowest BCUT2D eigenvalue weighted by Gasteiger charge is -2.32. The number of hydrogen-bond acceptors (Lipinski definition) is 4. The molecular formula is C13H18N2O2. The summed E-state index contributed by atoms with van der Waals surface area (Å²) in [6, 6.07) is 7.71. The van der Waals surface area contributed by atoms with Gasteiger partial charge in [0.1, 0.15) is 5.52 Å². The fourth-order valence-electron chi connectivity index (χ4n) is 1.53. The summed E-state index contributed by atoms with van der Waals surface area (Å²) in [6.45, 7) is 4.65. The Hall–Kier alpha value is -1.39. The van der Waals surface area contributed by atoms with E-state index in [1.165, 1.54) is 0 Å². The molecule has 1 N–H and O–H groups in total. The SMILES string of the molecule is CN(Cc1nc2ccccc2o1)C(C)(C)CO. The first-order valence-corrected chi connectivity index (χ1v) is 5.69. The standard InChI is InChI=1S/C13H18N2O2/c1-13(2,9-16)15(3)8-12-14-10-6-4-5-7-11(10)17-12/h4-7,16H,8-9H2,1-3H3. The van der Waals surface area contributed by atoms with Gasteiger partial charge in [-0.05, 0) is 33.0 Å². The number of oxazole rings is 1. The Morgan fingerprint density at radius 2 is 2.06 bits per heavy atom. The minimum atomic E-state index is -0.277. The number of nitrogens with zero attached hydrogens (tertiary/aromatic N) is 2. The van der Waals surface area contributed by atoms with E-state index in [9.17, 15) is 5.11 Å². The van der Waals surface area contributed by atoms with Crippen LogP contribution in [0.3, 0.4) is 0 Å². The highest BCUT2D eigenvalue weighted by Crippen LogP contribution is 2.19. The van der Waals surface area contributed by atoms with Crippen molar-refractivity contribution in [2.24, 2.45) is 0 Å². The van der Waals surface area contributed by atoms with E-state index in [0.29, 0.717) is 12.4 Å². The van der Waals surface area contributed by atoms with Crippen LogP contribution >= 0.6 is 0 Å². The summed E-state index contributed by atoms with van der Waals surface area (Å²) in [7, 11) is 1.95. The van der Waals surface area contributed by atoms with Crippen molar-refractivity contribution >= 4 is 11.1 Å². The molecule has 1 aromatic heterocycles. The molecule has 0 bridgehead atoms. The first-order chi connectivity index (χ1) is 8.03. The van der Waals surface area contributed by atoms with E-state index in [1.54, 1.807) is 0 Å². The maximum atomic E-state index is 9.29. The zero-order valence-electron chi connectivity index (χ0n) is 10.5. The number of benzene rings is 1. The lowest BCUT2D eigenvalue weighted by Crippen LogP contribution is -2.43. The Morgan fingerprint density at radius 1 is 1.35 bits per heavy atom. The summed E-state index contributed by atoms with van der Waals surface area (Å²) >= 11 is 0. The van der Waals surface area contributed by atoms with Crippen molar-refractivity contribution in [3.63, 3.8) is 0 Å². The largest absolute Gasteiger partial charge is 0.439 e. The van der Waals surface area contributed by atoms with Gasteiger partial charge in [-0.15, -0.1) is 0 Å². The van der Waals surface area contributed by atoms with Gasteiger partial charge < -0.3 is 9.52 Å². The van der Waals surface area contributed by atoms with Crippen LogP contribution in [0.15, 0.2) is 28.7 Å². The van der Waals surface area contributed by atoms with Gasteiger partial charge >= 0.3 is 0 Å². The lowest BCUT2D eigenvalue weighted by molar-refractivity contribution is 0.0673. The minimum Gasteiger partial charge on any atom is -0.439 e. The zero-order valence-corrected chi connectivity index (χ0v) is 10.5. The fraction of sp³-hybridized carbons (Fsp3) is 0.462. The molecule has 0 amide bonds. The molecule has 4 heteroatoms. The molecule has 0 spiro atoms. The second kappa shape index (κ2) is 4.47. The van der Waals surface area contributed by atoms with Crippen molar-refractivity contribution in [1.29, 1.82) is 0 Å². The van der Waals surface area contributed by atoms with Gasteiger partial charge in [0, 0.05) is 5.54 Å². The molecule has 2 aromatic rings. The maximum Gasteiger partial charge on any atom is 0.209 e. The number of hydrogen-bond donors (Lipinski definition) is 1. The van der Waals surface area contributed by atoms with Crippen LogP contribution in [0, 0.1) is 0 Å². The van der Waals surface area contributed by atoms with Gasteiger partial charge in [0.15, 0.2) is 5.58 Å². The van der Waals surface area contributed by atoms with Crippen molar-refractivity contribution in [2.75, 3.05) is 13.7 Å². The fourth-order valence-corrected chi connectivity index (χ4v) is 1.53. The zero-order chi connectivity index (χ0) is 12.5. The quantitative estimate of drug-likeness (QED) is 0.879. The molecule has 2 rings (SSSR count). The highest BCUT2D eigenvalue weighted by molar-refractivity contribution is 5.72. The summed E-state index contributed by atoms with van der Waals surface area (Å²) in [4.78, 5) is 6.44. The second-order valence-corrected chi connectivity index (χ2v) is 4.90. The summed E-state index contributed by atoms with van der Waals surface area (Å²) in [6.07, 6.45) is 0. The monoisotopic (exact) mass is 234 g/mol. The van der Waals surface area contributed by atoms with Gasteiger partial charge in [-0.25, -0.2) is 4.98 Å². The van der Waals surface area contributed by atoms with Gasteiger partial charge in [-0.3, -0.25) is 4.90 Å². The summed E-state index contributed by atoms with van der Waals surface area (Å²) < 4.78 is 5.64. The van der Waals surface area contributed by atoms with Crippen molar-refractivity contribution in [3.05, 3.63) is 30.2 Å². The van der Waals surface area contributed by atoms with E-state index in [1.807, 2.05) is 50.1 Å². The smallest absolute Gasteiger partial charge is 0.209 e. The highest BCUT2D eigenvalue weighted by atomic mass is 16.3. The van der Waals surface area contributed by atoms with Crippen LogP contribution in [0.5, 0.6) is 0 Å². The third-order valence-corrected chi connectivity index (χ3v) is 3.13. The van der Waals surface area contributed by atoms with Gasteiger partial charge in [-0.2, -0.15) is 0 Å². The first-order valence-electron chi connectivity index (χ1n) is 5.69. The van der Waals surface area contributed by atoms with E-state index in [0.717, 1.165) is 11.1 Å². The number of likely N-dealkylation sites (N-methyl/N-ethyl adjacent to an activating group) is 1. The van der Waals surface area contributed by atoms with Crippen molar-refractivity contribution < 1.29 is 9.52 Å². The molecule has 0 fully saturated rings. The lowest BCUT2D eigenvalue weighted by atomic mass is 10.1. The Labute approximate surface area is 101 Å². The second-order valence-electron chi connectivity index (χ2n) is 4.90. The van der Waals surface area contributed by atoms with Gasteiger partial charge in [0.05, 0.1) is 13.2 Å². The predicted molar refractivity (Wildman–Crippen MR) is 66.6 cm³/mol. The normalized spacial score (nSPS) is 12.5. The summed E-state index contributed by atoms with van der Waals surface area (Å²) in [5.74, 6) is 0.676. The summed E-state index contributed by atoms with van der Waals surface area (Å²) in [5, 5.41) is 9.29. The third kappa shape index (κ3) is 2.48. The van der Waals surface area contributed by atoms with Crippen LogP contribution in [0.1, 0.15) is 19.7 Å². The molecule has 0 aliphatic rings. The van der Waals surface area contributed by atoms with E-state index < -0.39 is 0 Å². The van der Waals surface area contributed by atoms with Crippen LogP contribution in [0.25, 0.3) is 11.1 Å². The molecular weight excluding hydrogens is 216 g/mol. The number of aliphatic hydroxyl groups excluding tert-OH is 1. The topological polar surface area (TPSA) is 49.5 Å². The molecule has 0 saturated heterocycles. The maximum absolute atomic E-state index is 9.29. The van der Waals surface area contributed by atoms with Gasteiger partial charge in [0.25, 0.3) is 0 Å². The van der Waals surface area contributed by atoms with Crippen molar-refractivity contribution in [1.82, 2.24) is 9.88 Å². The Morgan fingerprint density at radius 3 is 2.71 bits per heavy atom. The third-order valence-electron chi connectivity index (χ3n) is 3.13. The van der Waals surface area contributed by atoms with E-state index >= 15 is 0 Å². The van der Waals surface area contributed by atoms with E-state index in [-0.39, 0.29) is 12.1 Å². The van der Waals surface area contributed by atoms with Crippen LogP contribution < -0.4 is 0 Å². The molecule has 0 aliphatic heterocycles. The Kier molecular flexibility index (Phi) is 3.17. The molecule has 1 heterocycles. The molecule has 4 nitrogen and oxygen atoms in total. The molecule has 0 unspecified atom stereocenters. The first kappa shape index (κ1) is 12.1. The molecule has 0 saturated carbocycles. The van der Waals surface area contributed by atoms with E-state index in [4.69, 9.17) is 4.42 Å². The van der Waals surface area contributed by atoms with Gasteiger partial charge in [-0.1, -0.05) is 12.1 Å². The summed E-state index contributed by atoms with van der Waals surface area (Å²) in [5.41, 5.74) is 1.40. The van der Waals surface area contributed by atoms with Crippen LogP contribution in [0.4, 0.5) is 0 Å². The molecule has 92 valence electrons. The number of aliphatic hydroxyl groups is 1. The number of para-hydroxylation sites is 2. The molecule has 17 heavy (non-hydrogen) atoms. The highest BCUT2D eigenvalue weighted by Gasteiger charge is 2.23. The number of rotatable bonds is 4. The van der Waals surface area contributed by atoms with Crippen molar-refractivity contribution in [3.8, 4) is 0 Å². The van der Waals surface area contributed by atoms with Gasteiger partial charge in [0.2, 0.25) is 5.89 Å².